The maximum absolute atomic E-state index is 14.0. The number of alkyl halides is 1. The molecule has 3 rings (SSSR count). The van der Waals surface area contributed by atoms with E-state index in [1.165, 1.54) is 20.0 Å². The summed E-state index contributed by atoms with van der Waals surface area (Å²) in [7, 11) is 0. The van der Waals surface area contributed by atoms with Crippen LogP contribution in [0, 0.1) is 9.49 Å². The minimum Gasteiger partial charge on any atom is -0.391 e. The van der Waals surface area contributed by atoms with E-state index in [2.05, 4.69) is 37.9 Å². The second kappa shape index (κ2) is 11.9. The Kier molecular flexibility index (Phi) is 9.12. The molecule has 0 aliphatic carbocycles. The van der Waals surface area contributed by atoms with E-state index in [1.54, 1.807) is 12.1 Å². The lowest BCUT2D eigenvalue weighted by Crippen LogP contribution is -2.46. The van der Waals surface area contributed by atoms with E-state index in [0.717, 1.165) is 9.13 Å². The number of nitrogens with one attached hydrogen (secondary N) is 1. The van der Waals surface area contributed by atoms with Gasteiger partial charge >= 0.3 is 0 Å². The van der Waals surface area contributed by atoms with Crippen molar-refractivity contribution in [2.24, 2.45) is 11.7 Å². The van der Waals surface area contributed by atoms with Crippen molar-refractivity contribution in [3.05, 3.63) is 69.6 Å². The zero-order valence-corrected chi connectivity index (χ0v) is 21.9. The number of aromatic nitrogens is 2. The van der Waals surface area contributed by atoms with Crippen LogP contribution in [-0.2, 0) is 11.2 Å². The van der Waals surface area contributed by atoms with Gasteiger partial charge in [0.25, 0.3) is 5.91 Å². The number of aliphatic hydroxyl groups excluding tert-OH is 1. The van der Waals surface area contributed by atoms with E-state index < -0.39 is 35.5 Å². The summed E-state index contributed by atoms with van der Waals surface area (Å²) in [6, 6.07) is 14.2. The van der Waals surface area contributed by atoms with Gasteiger partial charge in [-0.1, -0.05) is 24.3 Å². The predicted molar refractivity (Wildman–Crippen MR) is 141 cm³/mol. The number of nitrogens with zero attached hydrogens (tertiary/aromatic N) is 2. The number of amides is 2. The van der Waals surface area contributed by atoms with Gasteiger partial charge in [-0.2, -0.15) is 0 Å². The van der Waals surface area contributed by atoms with Crippen molar-refractivity contribution in [3.63, 3.8) is 0 Å². The Balaban J connectivity index is 1.80. The Bertz CT molecular complexity index is 1170. The third kappa shape index (κ3) is 8.21. The van der Waals surface area contributed by atoms with E-state index in [0.29, 0.717) is 17.5 Å². The van der Waals surface area contributed by atoms with Crippen LogP contribution in [0.15, 0.2) is 54.7 Å². The molecular weight excluding hydrogens is 562 g/mol. The van der Waals surface area contributed by atoms with Gasteiger partial charge in [-0.3, -0.25) is 14.6 Å². The van der Waals surface area contributed by atoms with Crippen LogP contribution in [0.2, 0.25) is 0 Å². The number of primary amides is 1. The molecule has 9 heteroatoms. The second-order valence-electron chi connectivity index (χ2n) is 9.31. The number of fused-ring (bicyclic) bond motifs is 1. The number of hydrogen-bond donors (Lipinski definition) is 3. The Morgan fingerprint density at radius 3 is 2.43 bits per heavy atom. The fourth-order valence-electron chi connectivity index (χ4n) is 3.82. The number of hydrogen-bond acceptors (Lipinski definition) is 5. The average Bonchev–Trinajstić information content (AvgIpc) is 2.81. The van der Waals surface area contributed by atoms with E-state index in [9.17, 15) is 19.1 Å². The van der Waals surface area contributed by atoms with Gasteiger partial charge in [0, 0.05) is 9.49 Å². The molecule has 0 saturated heterocycles. The maximum atomic E-state index is 14.0. The minimum atomic E-state index is -1.46. The molecule has 0 bridgehead atoms. The number of para-hydroxylation sites is 2. The maximum Gasteiger partial charge on any atom is 0.271 e. The predicted octanol–water partition coefficient (Wildman–Crippen LogP) is 3.96. The number of rotatable bonds is 11. The molecule has 4 N–H and O–H groups in total. The summed E-state index contributed by atoms with van der Waals surface area (Å²) in [5.41, 5.74) is 6.36. The van der Waals surface area contributed by atoms with E-state index in [-0.39, 0.29) is 25.0 Å². The van der Waals surface area contributed by atoms with Gasteiger partial charge in [-0.25, -0.2) is 9.37 Å². The van der Waals surface area contributed by atoms with Crippen molar-refractivity contribution < 1.29 is 19.1 Å². The Morgan fingerprint density at radius 1 is 1.14 bits per heavy atom. The van der Waals surface area contributed by atoms with Gasteiger partial charge < -0.3 is 16.2 Å². The number of carbonyl (C=O) groups excluding carboxylic acids is 2. The molecule has 0 saturated carbocycles. The number of carbonyl (C=O) groups is 2. The molecule has 1 heterocycles. The van der Waals surface area contributed by atoms with E-state index >= 15 is 0 Å². The summed E-state index contributed by atoms with van der Waals surface area (Å²) in [5, 5.41) is 13.9. The third-order valence-corrected chi connectivity index (χ3v) is 6.57. The average molecular weight is 592 g/mol. The summed E-state index contributed by atoms with van der Waals surface area (Å²) in [6.45, 7) is 2.87. The number of halogens is 2. The first-order valence-electron chi connectivity index (χ1n) is 11.5. The summed E-state index contributed by atoms with van der Waals surface area (Å²) in [4.78, 5) is 33.7. The normalized spacial score (nSPS) is 14.3. The van der Waals surface area contributed by atoms with Gasteiger partial charge in [-0.05, 0) is 92.0 Å². The molecule has 35 heavy (non-hydrogen) atoms. The Labute approximate surface area is 217 Å². The molecular formula is C26H30FIN4O3. The molecule has 0 radical (unpaired) electrons. The van der Waals surface area contributed by atoms with Crippen molar-refractivity contribution >= 4 is 45.4 Å². The van der Waals surface area contributed by atoms with Crippen LogP contribution in [-0.4, -0.2) is 44.7 Å². The van der Waals surface area contributed by atoms with Crippen molar-refractivity contribution in [2.45, 2.75) is 57.3 Å². The first-order chi connectivity index (χ1) is 16.5. The van der Waals surface area contributed by atoms with Crippen LogP contribution in [0.25, 0.3) is 11.0 Å². The lowest BCUT2D eigenvalue weighted by molar-refractivity contribution is -0.123. The van der Waals surface area contributed by atoms with Crippen molar-refractivity contribution in [1.29, 1.82) is 0 Å². The number of benzene rings is 2. The smallest absolute Gasteiger partial charge is 0.271 e. The zero-order chi connectivity index (χ0) is 25.6. The molecule has 3 aromatic rings. The highest BCUT2D eigenvalue weighted by molar-refractivity contribution is 14.1. The van der Waals surface area contributed by atoms with Gasteiger partial charge in [0.15, 0.2) is 0 Å². The van der Waals surface area contributed by atoms with Crippen molar-refractivity contribution in [1.82, 2.24) is 15.3 Å². The lowest BCUT2D eigenvalue weighted by Gasteiger charge is -2.27. The SMILES string of the molecule is CC(C)(F)CC[C@H](C[C@H](O)C(Cc1ccc(I)cc1)NC(=O)c1cnc2ccccc2n1)C(N)=O. The largest absolute Gasteiger partial charge is 0.391 e. The highest BCUT2D eigenvalue weighted by Gasteiger charge is 2.29. The van der Waals surface area contributed by atoms with Gasteiger partial charge in [0.1, 0.15) is 11.4 Å². The molecule has 0 aliphatic rings. The zero-order valence-electron chi connectivity index (χ0n) is 19.7. The number of aliphatic hydroxyl groups is 1. The highest BCUT2D eigenvalue weighted by atomic mass is 127. The first-order valence-corrected chi connectivity index (χ1v) is 12.5. The molecule has 0 aliphatic heterocycles. The van der Waals surface area contributed by atoms with Crippen molar-refractivity contribution in [3.8, 4) is 0 Å². The van der Waals surface area contributed by atoms with Gasteiger partial charge in [0.2, 0.25) is 5.91 Å². The minimum absolute atomic E-state index is 0.00409. The van der Waals surface area contributed by atoms with Crippen LogP contribution in [0.3, 0.4) is 0 Å². The van der Waals surface area contributed by atoms with E-state index in [4.69, 9.17) is 5.73 Å². The third-order valence-electron chi connectivity index (χ3n) is 5.85. The summed E-state index contributed by atoms with van der Waals surface area (Å²) in [6.07, 6.45) is 0.966. The molecule has 1 unspecified atom stereocenters. The van der Waals surface area contributed by atoms with Crippen LogP contribution >= 0.6 is 22.6 Å². The summed E-state index contributed by atoms with van der Waals surface area (Å²) >= 11 is 2.20. The van der Waals surface area contributed by atoms with E-state index in [1.807, 2.05) is 36.4 Å². The molecule has 0 fully saturated rings. The summed E-state index contributed by atoms with van der Waals surface area (Å²) in [5.74, 6) is -1.82. The molecule has 2 amide bonds. The molecule has 0 spiro atoms. The topological polar surface area (TPSA) is 118 Å². The standard InChI is InChI=1S/C26H30FIN4O3/c1-26(2,27)12-11-17(24(29)34)14-23(33)21(13-16-7-9-18(28)10-8-16)32-25(35)22-15-30-19-5-3-4-6-20(19)31-22/h3-10,15,17,21,23,33H,11-14H2,1-2H3,(H2,29,34)(H,32,35)/t17-,21?,23+/m1/s1. The van der Waals surface area contributed by atoms with Crippen LogP contribution in [0.1, 0.15) is 49.2 Å². The van der Waals surface area contributed by atoms with Crippen LogP contribution in [0.5, 0.6) is 0 Å². The van der Waals surface area contributed by atoms with Crippen LogP contribution < -0.4 is 11.1 Å². The first kappa shape index (κ1) is 26.9. The Morgan fingerprint density at radius 2 is 1.80 bits per heavy atom. The lowest BCUT2D eigenvalue weighted by atomic mass is 9.88. The molecule has 1 aromatic heterocycles. The highest BCUT2D eigenvalue weighted by Crippen LogP contribution is 2.24. The quantitative estimate of drug-likeness (QED) is 0.292. The fraction of sp³-hybridized carbons (Fsp3) is 0.385. The Hall–Kier alpha value is -2.66. The number of nitrogens with two attached hydrogens (primary N) is 1. The molecule has 3 atom stereocenters. The molecule has 186 valence electrons. The summed E-state index contributed by atoms with van der Waals surface area (Å²) < 4.78 is 15.1. The van der Waals surface area contributed by atoms with Gasteiger partial charge in [0.05, 0.1) is 29.4 Å². The van der Waals surface area contributed by atoms with Gasteiger partial charge in [-0.15, -0.1) is 0 Å². The molecule has 7 nitrogen and oxygen atoms in total. The molecule has 2 aromatic carbocycles. The van der Waals surface area contributed by atoms with Crippen LogP contribution in [0.4, 0.5) is 4.39 Å². The monoisotopic (exact) mass is 592 g/mol. The fourth-order valence-corrected chi connectivity index (χ4v) is 4.18. The second-order valence-corrected chi connectivity index (χ2v) is 10.6. The van der Waals surface area contributed by atoms with Crippen molar-refractivity contribution in [2.75, 3.05) is 0 Å².